The van der Waals surface area contributed by atoms with Gasteiger partial charge in [-0.15, -0.1) is 0 Å². The van der Waals surface area contributed by atoms with Gasteiger partial charge in [-0.1, -0.05) is 19.4 Å². The standard InChI is InChI=1S/C15H20N2O/c1-9(2)10(3)7-14-13(16-4)8-12(11-5-6-11)15(18)17-14/h7-9,11H,4-6H2,1-3H3,(H,17,18)/b10-7+. The summed E-state index contributed by atoms with van der Waals surface area (Å²) in [6, 6.07) is 1.89. The molecule has 1 fully saturated rings. The lowest BCUT2D eigenvalue weighted by molar-refractivity contribution is 0.775. The van der Waals surface area contributed by atoms with Crippen molar-refractivity contribution < 1.29 is 0 Å². The molecule has 1 aliphatic carbocycles. The Bertz CT molecular complexity index is 548. The summed E-state index contributed by atoms with van der Waals surface area (Å²) < 4.78 is 0. The summed E-state index contributed by atoms with van der Waals surface area (Å²) in [5.41, 5.74) is 3.64. The minimum Gasteiger partial charge on any atom is -0.320 e. The van der Waals surface area contributed by atoms with Crippen LogP contribution in [-0.2, 0) is 0 Å². The number of rotatable bonds is 4. The SMILES string of the molecule is C=Nc1cc(C2CC2)c(=O)[nH]c1/C=C(\C)C(C)C. The fourth-order valence-corrected chi connectivity index (χ4v) is 1.88. The molecule has 18 heavy (non-hydrogen) atoms. The highest BCUT2D eigenvalue weighted by Gasteiger charge is 2.27. The van der Waals surface area contributed by atoms with E-state index in [-0.39, 0.29) is 5.56 Å². The van der Waals surface area contributed by atoms with E-state index in [4.69, 9.17) is 0 Å². The second-order valence-corrected chi connectivity index (χ2v) is 5.33. The number of nitrogens with zero attached hydrogens (tertiary/aromatic N) is 1. The molecule has 0 saturated heterocycles. The first-order valence-corrected chi connectivity index (χ1v) is 6.45. The van der Waals surface area contributed by atoms with Crippen molar-refractivity contribution in [1.29, 1.82) is 0 Å². The maximum atomic E-state index is 12.0. The van der Waals surface area contributed by atoms with Gasteiger partial charge in [0.15, 0.2) is 0 Å². The average molecular weight is 244 g/mol. The molecule has 3 nitrogen and oxygen atoms in total. The Labute approximate surface area is 108 Å². The van der Waals surface area contributed by atoms with E-state index in [1.165, 1.54) is 5.57 Å². The van der Waals surface area contributed by atoms with Gasteiger partial charge >= 0.3 is 0 Å². The lowest BCUT2D eigenvalue weighted by atomic mass is 10.0. The summed E-state index contributed by atoms with van der Waals surface area (Å²) in [6.45, 7) is 9.91. The number of aromatic amines is 1. The van der Waals surface area contributed by atoms with Gasteiger partial charge in [-0.2, -0.15) is 0 Å². The van der Waals surface area contributed by atoms with Gasteiger partial charge in [0.05, 0.1) is 11.4 Å². The molecule has 2 rings (SSSR count). The molecule has 0 unspecified atom stereocenters. The third kappa shape index (κ3) is 2.61. The van der Waals surface area contributed by atoms with Crippen LogP contribution in [0.25, 0.3) is 6.08 Å². The first-order chi connectivity index (χ1) is 8.52. The Balaban J connectivity index is 2.47. The first kappa shape index (κ1) is 12.8. The maximum Gasteiger partial charge on any atom is 0.252 e. The Kier molecular flexibility index (Phi) is 3.50. The van der Waals surface area contributed by atoms with E-state index < -0.39 is 0 Å². The van der Waals surface area contributed by atoms with E-state index in [0.717, 1.165) is 29.8 Å². The smallest absolute Gasteiger partial charge is 0.252 e. The number of hydrogen-bond acceptors (Lipinski definition) is 2. The number of aliphatic imine (C=N–C) groups is 1. The van der Waals surface area contributed by atoms with Crippen molar-refractivity contribution in [2.75, 3.05) is 0 Å². The molecule has 96 valence electrons. The van der Waals surface area contributed by atoms with Crippen LogP contribution in [0.3, 0.4) is 0 Å². The number of hydrogen-bond donors (Lipinski definition) is 1. The summed E-state index contributed by atoms with van der Waals surface area (Å²) in [6.07, 6.45) is 4.21. The molecule has 1 aromatic rings. The number of H-pyrrole nitrogens is 1. The van der Waals surface area contributed by atoms with Gasteiger partial charge in [0.25, 0.3) is 5.56 Å². The molecule has 0 radical (unpaired) electrons. The minimum absolute atomic E-state index is 0.0210. The fourth-order valence-electron chi connectivity index (χ4n) is 1.88. The van der Waals surface area contributed by atoms with Crippen LogP contribution in [-0.4, -0.2) is 11.7 Å². The van der Waals surface area contributed by atoms with E-state index in [1.807, 2.05) is 12.1 Å². The summed E-state index contributed by atoms with van der Waals surface area (Å²) in [5.74, 6) is 0.882. The van der Waals surface area contributed by atoms with Crippen LogP contribution in [0.1, 0.15) is 50.8 Å². The van der Waals surface area contributed by atoms with E-state index in [2.05, 4.69) is 37.5 Å². The molecule has 0 bridgehead atoms. The van der Waals surface area contributed by atoms with Gasteiger partial charge in [-0.05, 0) is 50.5 Å². The van der Waals surface area contributed by atoms with Crippen molar-refractivity contribution in [3.8, 4) is 0 Å². The van der Waals surface area contributed by atoms with Crippen molar-refractivity contribution in [3.05, 3.63) is 33.3 Å². The Morgan fingerprint density at radius 2 is 2.22 bits per heavy atom. The van der Waals surface area contributed by atoms with E-state index in [1.54, 1.807) is 0 Å². The molecule has 1 aliphatic rings. The van der Waals surface area contributed by atoms with Gasteiger partial charge in [-0.25, -0.2) is 0 Å². The Morgan fingerprint density at radius 3 is 2.72 bits per heavy atom. The highest BCUT2D eigenvalue weighted by Crippen LogP contribution is 2.39. The summed E-state index contributed by atoms with van der Waals surface area (Å²) >= 11 is 0. The number of nitrogens with one attached hydrogen (secondary N) is 1. The summed E-state index contributed by atoms with van der Waals surface area (Å²) in [4.78, 5) is 19.0. The van der Waals surface area contributed by atoms with Crippen LogP contribution in [0.4, 0.5) is 5.69 Å². The highest BCUT2D eigenvalue weighted by molar-refractivity contribution is 5.65. The van der Waals surface area contributed by atoms with Crippen molar-refractivity contribution >= 4 is 18.5 Å². The summed E-state index contributed by atoms with van der Waals surface area (Å²) in [5, 5.41) is 0. The second-order valence-electron chi connectivity index (χ2n) is 5.33. The molecule has 0 aromatic carbocycles. The molecule has 0 amide bonds. The number of allylic oxidation sites excluding steroid dienone is 1. The lowest BCUT2D eigenvalue weighted by Crippen LogP contribution is -2.12. The zero-order valence-electron chi connectivity index (χ0n) is 11.3. The first-order valence-electron chi connectivity index (χ1n) is 6.45. The third-order valence-electron chi connectivity index (χ3n) is 3.55. The van der Waals surface area contributed by atoms with Crippen LogP contribution in [0.5, 0.6) is 0 Å². The van der Waals surface area contributed by atoms with E-state index >= 15 is 0 Å². The van der Waals surface area contributed by atoms with E-state index in [0.29, 0.717) is 11.8 Å². The zero-order valence-corrected chi connectivity index (χ0v) is 11.3. The van der Waals surface area contributed by atoms with Crippen LogP contribution in [0, 0.1) is 5.92 Å². The van der Waals surface area contributed by atoms with E-state index in [9.17, 15) is 4.79 Å². The third-order valence-corrected chi connectivity index (χ3v) is 3.55. The fraction of sp³-hybridized carbons (Fsp3) is 0.467. The molecular formula is C15H20N2O. The second kappa shape index (κ2) is 4.92. The molecule has 0 atom stereocenters. The van der Waals surface area contributed by atoms with Crippen LogP contribution >= 0.6 is 0 Å². The normalized spacial score (nSPS) is 16.1. The predicted molar refractivity (Wildman–Crippen MR) is 76.7 cm³/mol. The topological polar surface area (TPSA) is 45.2 Å². The molecular weight excluding hydrogens is 224 g/mol. The average Bonchev–Trinajstić information content (AvgIpc) is 3.13. The number of pyridine rings is 1. The van der Waals surface area contributed by atoms with Crippen molar-refractivity contribution in [2.45, 2.75) is 39.5 Å². The lowest BCUT2D eigenvalue weighted by Gasteiger charge is -2.08. The molecule has 1 N–H and O–H groups in total. The van der Waals surface area contributed by atoms with Crippen molar-refractivity contribution in [1.82, 2.24) is 4.98 Å². The zero-order chi connectivity index (χ0) is 13.3. The predicted octanol–water partition coefficient (Wildman–Crippen LogP) is 3.64. The van der Waals surface area contributed by atoms with Gasteiger partial charge in [0.1, 0.15) is 0 Å². The molecule has 1 aromatic heterocycles. The molecule has 0 aliphatic heterocycles. The van der Waals surface area contributed by atoms with Crippen LogP contribution in [0.15, 0.2) is 21.4 Å². The van der Waals surface area contributed by atoms with Gasteiger partial charge in [0.2, 0.25) is 0 Å². The van der Waals surface area contributed by atoms with Crippen LogP contribution in [0.2, 0.25) is 0 Å². The van der Waals surface area contributed by atoms with Gasteiger partial charge in [0, 0.05) is 5.56 Å². The van der Waals surface area contributed by atoms with Gasteiger partial charge < -0.3 is 4.98 Å². The van der Waals surface area contributed by atoms with Gasteiger partial charge in [-0.3, -0.25) is 9.79 Å². The maximum absolute atomic E-state index is 12.0. The highest BCUT2D eigenvalue weighted by atomic mass is 16.1. The molecule has 0 spiro atoms. The number of aromatic nitrogens is 1. The van der Waals surface area contributed by atoms with Crippen molar-refractivity contribution in [2.24, 2.45) is 10.9 Å². The largest absolute Gasteiger partial charge is 0.320 e. The summed E-state index contributed by atoms with van der Waals surface area (Å²) in [7, 11) is 0. The monoisotopic (exact) mass is 244 g/mol. The van der Waals surface area contributed by atoms with Crippen LogP contribution < -0.4 is 5.56 Å². The molecule has 1 saturated carbocycles. The Hall–Kier alpha value is -1.64. The molecule has 1 heterocycles. The quantitative estimate of drug-likeness (QED) is 0.807. The van der Waals surface area contributed by atoms with Crippen molar-refractivity contribution in [3.63, 3.8) is 0 Å². The Morgan fingerprint density at radius 1 is 1.56 bits per heavy atom. The minimum atomic E-state index is 0.0210. The molecule has 3 heteroatoms.